The molecular weight excluding hydrogens is 260 g/mol. The fourth-order valence-electron chi connectivity index (χ4n) is 3.67. The maximum absolute atomic E-state index is 12.8. The van der Waals surface area contributed by atoms with Crippen LogP contribution >= 0.6 is 0 Å². The lowest BCUT2D eigenvalue weighted by molar-refractivity contribution is 0.218. The summed E-state index contributed by atoms with van der Waals surface area (Å²) in [4.78, 5) is 16.8. The summed E-state index contributed by atoms with van der Waals surface area (Å²) in [5.41, 5.74) is 2.22. The zero-order valence-corrected chi connectivity index (χ0v) is 11.9. The zero-order chi connectivity index (χ0) is 14.2. The second-order valence-corrected chi connectivity index (χ2v) is 5.75. The average Bonchev–Trinajstić information content (AvgIpc) is 3.11. The van der Waals surface area contributed by atoms with Gasteiger partial charge in [-0.1, -0.05) is 48.5 Å². The van der Waals surface area contributed by atoms with Crippen LogP contribution in [0.25, 0.3) is 0 Å². The summed E-state index contributed by atoms with van der Waals surface area (Å²) in [6.07, 6.45) is 2.21. The molecule has 0 aromatic heterocycles. The highest BCUT2D eigenvalue weighted by Crippen LogP contribution is 2.43. The van der Waals surface area contributed by atoms with Crippen LogP contribution in [-0.4, -0.2) is 23.5 Å². The zero-order valence-electron chi connectivity index (χ0n) is 11.9. The second-order valence-electron chi connectivity index (χ2n) is 5.75. The van der Waals surface area contributed by atoms with E-state index in [2.05, 4.69) is 24.3 Å². The van der Waals surface area contributed by atoms with Gasteiger partial charge in [0.25, 0.3) is 0 Å². The first-order valence-electron chi connectivity index (χ1n) is 7.56. The first kappa shape index (κ1) is 12.5. The Morgan fingerprint density at radius 2 is 1.57 bits per heavy atom. The van der Waals surface area contributed by atoms with Crippen LogP contribution in [-0.2, 0) is 0 Å². The van der Waals surface area contributed by atoms with E-state index in [9.17, 15) is 4.79 Å². The molecule has 2 atom stereocenters. The van der Waals surface area contributed by atoms with Crippen molar-refractivity contribution in [2.75, 3.05) is 11.4 Å². The number of fused-ring (bicyclic) bond motifs is 1. The largest absolute Gasteiger partial charge is 0.325 e. The first-order valence-corrected chi connectivity index (χ1v) is 7.56. The Bertz CT molecular complexity index is 641. The smallest absolute Gasteiger partial charge is 0.319 e. The molecule has 0 unspecified atom stereocenters. The highest BCUT2D eigenvalue weighted by Gasteiger charge is 2.48. The van der Waals surface area contributed by atoms with Gasteiger partial charge in [0.2, 0.25) is 0 Å². The van der Waals surface area contributed by atoms with Gasteiger partial charge >= 0.3 is 6.03 Å². The molecule has 3 nitrogen and oxygen atoms in total. The number of amides is 2. The van der Waals surface area contributed by atoms with Crippen LogP contribution in [0.15, 0.2) is 60.7 Å². The maximum Gasteiger partial charge on any atom is 0.325 e. The molecule has 0 aliphatic carbocycles. The third-order valence-corrected chi connectivity index (χ3v) is 4.57. The van der Waals surface area contributed by atoms with Gasteiger partial charge in [-0.3, -0.25) is 4.90 Å². The van der Waals surface area contributed by atoms with Crippen molar-refractivity contribution in [1.82, 2.24) is 4.90 Å². The summed E-state index contributed by atoms with van der Waals surface area (Å²) >= 11 is 0. The monoisotopic (exact) mass is 278 g/mol. The molecule has 2 heterocycles. The third-order valence-electron chi connectivity index (χ3n) is 4.57. The fraction of sp³-hybridized carbons (Fsp3) is 0.278. The van der Waals surface area contributed by atoms with Crippen LogP contribution in [0.5, 0.6) is 0 Å². The molecule has 21 heavy (non-hydrogen) atoms. The Hall–Kier alpha value is -2.29. The van der Waals surface area contributed by atoms with Crippen LogP contribution in [0.2, 0.25) is 0 Å². The molecule has 2 amide bonds. The molecule has 2 aromatic rings. The van der Waals surface area contributed by atoms with Crippen molar-refractivity contribution in [3.05, 3.63) is 66.2 Å². The van der Waals surface area contributed by atoms with Gasteiger partial charge in [-0.15, -0.1) is 0 Å². The summed E-state index contributed by atoms with van der Waals surface area (Å²) in [6, 6.07) is 21.0. The lowest BCUT2D eigenvalue weighted by Gasteiger charge is -2.26. The molecule has 2 aromatic carbocycles. The fourth-order valence-corrected chi connectivity index (χ4v) is 3.67. The Kier molecular flexibility index (Phi) is 2.92. The van der Waals surface area contributed by atoms with Crippen LogP contribution in [0.3, 0.4) is 0 Å². The number of hydrogen-bond donors (Lipinski definition) is 0. The Balaban J connectivity index is 1.81. The average molecular weight is 278 g/mol. The number of nitrogens with zero attached hydrogens (tertiary/aromatic N) is 2. The van der Waals surface area contributed by atoms with Crippen molar-refractivity contribution in [2.45, 2.75) is 24.9 Å². The van der Waals surface area contributed by atoms with Crippen molar-refractivity contribution in [3.63, 3.8) is 0 Å². The molecule has 106 valence electrons. The Morgan fingerprint density at radius 1 is 0.905 bits per heavy atom. The summed E-state index contributed by atoms with van der Waals surface area (Å²) in [7, 11) is 0. The molecule has 0 radical (unpaired) electrons. The van der Waals surface area contributed by atoms with Gasteiger partial charge in [-0.2, -0.15) is 0 Å². The van der Waals surface area contributed by atoms with E-state index in [1.165, 1.54) is 5.56 Å². The van der Waals surface area contributed by atoms with Crippen LogP contribution in [0.4, 0.5) is 10.5 Å². The van der Waals surface area contributed by atoms with Crippen LogP contribution in [0, 0.1) is 0 Å². The van der Waals surface area contributed by atoms with E-state index >= 15 is 0 Å². The molecule has 2 saturated heterocycles. The van der Waals surface area contributed by atoms with Gasteiger partial charge in [-0.25, -0.2) is 4.79 Å². The number of carbonyl (C=O) groups is 1. The molecule has 0 saturated carbocycles. The number of para-hydroxylation sites is 1. The van der Waals surface area contributed by atoms with Gasteiger partial charge in [0.15, 0.2) is 0 Å². The predicted octanol–water partition coefficient (Wildman–Crippen LogP) is 3.83. The lowest BCUT2D eigenvalue weighted by atomic mass is 9.97. The minimum absolute atomic E-state index is 0.128. The van der Waals surface area contributed by atoms with Gasteiger partial charge in [0.05, 0.1) is 12.1 Å². The number of rotatable bonds is 2. The molecule has 4 rings (SSSR count). The topological polar surface area (TPSA) is 23.6 Å². The molecule has 0 bridgehead atoms. The molecule has 2 aliphatic rings. The van der Waals surface area contributed by atoms with Crippen molar-refractivity contribution >= 4 is 11.7 Å². The van der Waals surface area contributed by atoms with Crippen molar-refractivity contribution in [3.8, 4) is 0 Å². The molecule has 2 aliphatic heterocycles. The summed E-state index contributed by atoms with van der Waals surface area (Å²) in [5.74, 6) is 0. The molecule has 0 N–H and O–H groups in total. The highest BCUT2D eigenvalue weighted by atomic mass is 16.2. The van der Waals surface area contributed by atoms with E-state index in [4.69, 9.17) is 0 Å². The number of urea groups is 1. The Labute approximate surface area is 124 Å². The maximum atomic E-state index is 12.8. The standard InChI is InChI=1S/C18H18N2O/c21-18-19-13-7-12-16(19)17(14-8-3-1-4-9-14)20(18)15-10-5-2-6-11-15/h1-6,8-11,16-17H,7,12-13H2/t16-,17+/m1/s1. The van der Waals surface area contributed by atoms with E-state index in [1.807, 2.05) is 46.2 Å². The molecule has 0 spiro atoms. The minimum atomic E-state index is 0.128. The van der Waals surface area contributed by atoms with Crippen molar-refractivity contribution in [1.29, 1.82) is 0 Å². The molecule has 2 fully saturated rings. The van der Waals surface area contributed by atoms with Crippen molar-refractivity contribution in [2.24, 2.45) is 0 Å². The van der Waals surface area contributed by atoms with E-state index in [1.54, 1.807) is 0 Å². The third kappa shape index (κ3) is 1.92. The number of benzene rings is 2. The molecular formula is C18H18N2O. The van der Waals surface area contributed by atoms with Gasteiger partial charge in [-0.05, 0) is 30.5 Å². The summed E-state index contributed by atoms with van der Waals surface area (Å²) in [5, 5.41) is 0. The lowest BCUT2D eigenvalue weighted by Crippen LogP contribution is -2.32. The van der Waals surface area contributed by atoms with Crippen LogP contribution < -0.4 is 4.90 Å². The first-order chi connectivity index (χ1) is 10.4. The summed E-state index contributed by atoms with van der Waals surface area (Å²) < 4.78 is 0. The SMILES string of the molecule is O=C1N2CCC[C@@H]2[C@H](c2ccccc2)N1c1ccccc1. The van der Waals surface area contributed by atoms with Gasteiger partial charge < -0.3 is 4.90 Å². The second kappa shape index (κ2) is 4.92. The highest BCUT2D eigenvalue weighted by molar-refractivity contribution is 5.96. The van der Waals surface area contributed by atoms with Gasteiger partial charge in [0, 0.05) is 12.2 Å². The number of anilines is 1. The predicted molar refractivity (Wildman–Crippen MR) is 83.2 cm³/mol. The Morgan fingerprint density at radius 3 is 2.29 bits per heavy atom. The van der Waals surface area contributed by atoms with Crippen LogP contribution in [0.1, 0.15) is 24.4 Å². The van der Waals surface area contributed by atoms with Gasteiger partial charge in [0.1, 0.15) is 0 Å². The minimum Gasteiger partial charge on any atom is -0.319 e. The van der Waals surface area contributed by atoms with E-state index in [-0.39, 0.29) is 12.1 Å². The number of hydrogen-bond acceptors (Lipinski definition) is 1. The number of carbonyl (C=O) groups excluding carboxylic acids is 1. The quantitative estimate of drug-likeness (QED) is 0.819. The summed E-state index contributed by atoms with van der Waals surface area (Å²) in [6.45, 7) is 0.885. The normalized spacial score (nSPS) is 24.5. The van der Waals surface area contributed by atoms with E-state index in [0.29, 0.717) is 6.04 Å². The van der Waals surface area contributed by atoms with E-state index in [0.717, 1.165) is 25.1 Å². The van der Waals surface area contributed by atoms with Crippen molar-refractivity contribution < 1.29 is 4.79 Å². The molecule has 3 heteroatoms. The van der Waals surface area contributed by atoms with E-state index < -0.39 is 0 Å².